The number of hydrogen-bond acceptors (Lipinski definition) is 4. The molecule has 94 valence electrons. The highest BCUT2D eigenvalue weighted by Gasteiger charge is 2.48. The van der Waals surface area contributed by atoms with Gasteiger partial charge in [0.1, 0.15) is 0 Å². The molecule has 0 amide bonds. The largest absolute Gasteiger partial charge is 0.408 e. The van der Waals surface area contributed by atoms with Crippen LogP contribution in [0.15, 0.2) is 0 Å². The first-order valence-electron chi connectivity index (χ1n) is 6.13. The van der Waals surface area contributed by atoms with Crippen molar-refractivity contribution >= 4 is 5.97 Å². The van der Waals surface area contributed by atoms with Gasteiger partial charge in [-0.1, -0.05) is 32.6 Å². The monoisotopic (exact) mass is 230 g/mol. The molecular weight excluding hydrogens is 208 g/mol. The Morgan fingerprint density at radius 2 is 1.88 bits per heavy atom. The fourth-order valence-corrected chi connectivity index (χ4v) is 1.90. The van der Waals surface area contributed by atoms with E-state index in [9.17, 15) is 4.79 Å². The van der Waals surface area contributed by atoms with E-state index in [1.54, 1.807) is 6.92 Å². The summed E-state index contributed by atoms with van der Waals surface area (Å²) in [5.41, 5.74) is 0. The highest BCUT2D eigenvalue weighted by atomic mass is 17.0. The van der Waals surface area contributed by atoms with Crippen LogP contribution in [0.1, 0.15) is 59.3 Å². The lowest BCUT2D eigenvalue weighted by Crippen LogP contribution is -2.55. The van der Waals surface area contributed by atoms with Gasteiger partial charge in [0.25, 0.3) is 0 Å². The lowest BCUT2D eigenvalue weighted by atomic mass is 10.1. The molecule has 0 saturated carbocycles. The van der Waals surface area contributed by atoms with Crippen molar-refractivity contribution < 1.29 is 19.0 Å². The van der Waals surface area contributed by atoms with Crippen LogP contribution in [0, 0.1) is 0 Å². The van der Waals surface area contributed by atoms with Crippen LogP contribution in [-0.4, -0.2) is 18.2 Å². The Labute approximate surface area is 97.2 Å². The molecule has 0 atom stereocenters. The van der Waals surface area contributed by atoms with Gasteiger partial charge in [-0.15, -0.1) is 0 Å². The molecule has 0 aliphatic carbocycles. The van der Waals surface area contributed by atoms with Gasteiger partial charge in [0.15, 0.2) is 6.29 Å². The molecule has 1 aliphatic heterocycles. The topological polar surface area (TPSA) is 44.8 Å². The van der Waals surface area contributed by atoms with Gasteiger partial charge in [-0.05, 0) is 13.3 Å². The highest BCUT2D eigenvalue weighted by Crippen LogP contribution is 2.35. The van der Waals surface area contributed by atoms with E-state index >= 15 is 0 Å². The Bertz CT molecular complexity index is 221. The first-order valence-corrected chi connectivity index (χ1v) is 6.13. The first kappa shape index (κ1) is 13.5. The quantitative estimate of drug-likeness (QED) is 0.498. The van der Waals surface area contributed by atoms with Crippen molar-refractivity contribution in [3.63, 3.8) is 0 Å². The zero-order chi connectivity index (χ0) is 12.0. The average Bonchev–Trinajstić information content (AvgIpc) is 2.14. The van der Waals surface area contributed by atoms with Gasteiger partial charge < -0.3 is 4.74 Å². The van der Waals surface area contributed by atoms with E-state index < -0.39 is 5.97 Å². The molecule has 0 spiro atoms. The minimum atomic E-state index is -1.09. The summed E-state index contributed by atoms with van der Waals surface area (Å²) < 4.78 is 15.8. The highest BCUT2D eigenvalue weighted by molar-refractivity contribution is 5.66. The summed E-state index contributed by atoms with van der Waals surface area (Å²) in [6.45, 7) is 5.34. The fourth-order valence-electron chi connectivity index (χ4n) is 1.90. The normalized spacial score (nSPS) is 28.6. The lowest BCUT2D eigenvalue weighted by Gasteiger charge is -2.44. The molecule has 0 aromatic carbocycles. The summed E-state index contributed by atoms with van der Waals surface area (Å²) >= 11 is 0. The standard InChI is InChI=1S/C12H22O4/c1-4-5-6-7-8-9-12(14-10(2)13)15-11(3)16-12/h11H,4-9H2,1-3H3. The van der Waals surface area contributed by atoms with Crippen molar-refractivity contribution in [3.8, 4) is 0 Å². The maximum Gasteiger partial charge on any atom is 0.333 e. The summed E-state index contributed by atoms with van der Waals surface area (Å²) in [4.78, 5) is 10.9. The minimum Gasteiger partial charge on any atom is -0.408 e. The average molecular weight is 230 g/mol. The molecule has 0 aromatic rings. The molecular formula is C12H22O4. The van der Waals surface area contributed by atoms with Gasteiger partial charge in [-0.2, -0.15) is 0 Å². The Morgan fingerprint density at radius 1 is 1.25 bits per heavy atom. The van der Waals surface area contributed by atoms with E-state index in [0.717, 1.165) is 12.8 Å². The number of carbonyl (C=O) groups excluding carboxylic acids is 1. The number of esters is 1. The van der Waals surface area contributed by atoms with E-state index in [4.69, 9.17) is 14.2 Å². The van der Waals surface area contributed by atoms with Crippen LogP contribution < -0.4 is 0 Å². The maximum absolute atomic E-state index is 10.9. The van der Waals surface area contributed by atoms with Gasteiger partial charge >= 0.3 is 11.9 Å². The molecule has 1 rings (SSSR count). The summed E-state index contributed by atoms with van der Waals surface area (Å²) in [6, 6.07) is 0. The summed E-state index contributed by atoms with van der Waals surface area (Å²) in [7, 11) is 0. The summed E-state index contributed by atoms with van der Waals surface area (Å²) in [6.07, 6.45) is 6.12. The van der Waals surface area contributed by atoms with Crippen LogP contribution in [0.25, 0.3) is 0 Å². The van der Waals surface area contributed by atoms with Crippen molar-refractivity contribution in [2.45, 2.75) is 71.6 Å². The molecule has 0 aromatic heterocycles. The predicted octanol–water partition coefficient (Wildman–Crippen LogP) is 2.96. The number of rotatable bonds is 7. The van der Waals surface area contributed by atoms with E-state index in [-0.39, 0.29) is 12.3 Å². The number of unbranched alkanes of at least 4 members (excludes halogenated alkanes) is 4. The number of ether oxygens (including phenoxy) is 3. The lowest BCUT2D eigenvalue weighted by molar-refractivity contribution is -0.525. The third-order valence-electron chi connectivity index (χ3n) is 2.58. The van der Waals surface area contributed by atoms with Crippen molar-refractivity contribution in [1.29, 1.82) is 0 Å². The third kappa shape index (κ3) is 4.10. The second kappa shape index (κ2) is 6.21. The van der Waals surface area contributed by atoms with Crippen molar-refractivity contribution in [2.75, 3.05) is 0 Å². The van der Waals surface area contributed by atoms with Gasteiger partial charge in [0.2, 0.25) is 0 Å². The Hall–Kier alpha value is -0.610. The second-order valence-electron chi connectivity index (χ2n) is 4.24. The first-order chi connectivity index (χ1) is 7.58. The van der Waals surface area contributed by atoms with Gasteiger partial charge in [0, 0.05) is 13.3 Å². The van der Waals surface area contributed by atoms with E-state index in [1.165, 1.54) is 26.2 Å². The SMILES string of the molecule is CCCCCCCC1(OC(C)=O)OC(C)O1. The molecule has 4 nitrogen and oxygen atoms in total. The molecule has 1 heterocycles. The summed E-state index contributed by atoms with van der Waals surface area (Å²) in [5, 5.41) is 0. The van der Waals surface area contributed by atoms with E-state index in [1.807, 2.05) is 0 Å². The molecule has 1 saturated heterocycles. The molecule has 0 radical (unpaired) electrons. The van der Waals surface area contributed by atoms with Crippen molar-refractivity contribution in [3.05, 3.63) is 0 Å². The van der Waals surface area contributed by atoms with Gasteiger partial charge in [-0.25, -0.2) is 0 Å². The van der Waals surface area contributed by atoms with Gasteiger partial charge in [0.05, 0.1) is 0 Å². The molecule has 4 heteroatoms. The Kier molecular flexibility index (Phi) is 5.22. The molecule has 1 aliphatic rings. The van der Waals surface area contributed by atoms with Gasteiger partial charge in [-0.3, -0.25) is 14.3 Å². The second-order valence-corrected chi connectivity index (χ2v) is 4.24. The number of carbonyl (C=O) groups is 1. The fraction of sp³-hybridized carbons (Fsp3) is 0.917. The minimum absolute atomic E-state index is 0.269. The van der Waals surface area contributed by atoms with Crippen molar-refractivity contribution in [2.24, 2.45) is 0 Å². The molecule has 1 fully saturated rings. The zero-order valence-electron chi connectivity index (χ0n) is 10.5. The van der Waals surface area contributed by atoms with Crippen LogP contribution in [0.5, 0.6) is 0 Å². The van der Waals surface area contributed by atoms with E-state index in [0.29, 0.717) is 6.42 Å². The van der Waals surface area contributed by atoms with E-state index in [2.05, 4.69) is 6.92 Å². The Balaban J connectivity index is 2.21. The van der Waals surface area contributed by atoms with Crippen LogP contribution in [0.4, 0.5) is 0 Å². The third-order valence-corrected chi connectivity index (χ3v) is 2.58. The van der Waals surface area contributed by atoms with Crippen molar-refractivity contribution in [1.82, 2.24) is 0 Å². The van der Waals surface area contributed by atoms with Crippen LogP contribution in [-0.2, 0) is 19.0 Å². The Morgan fingerprint density at radius 3 is 2.38 bits per heavy atom. The number of hydrogen-bond donors (Lipinski definition) is 0. The predicted molar refractivity (Wildman–Crippen MR) is 59.5 cm³/mol. The molecule has 16 heavy (non-hydrogen) atoms. The summed E-state index contributed by atoms with van der Waals surface area (Å²) in [5.74, 6) is -1.45. The zero-order valence-corrected chi connectivity index (χ0v) is 10.5. The van der Waals surface area contributed by atoms with Crippen LogP contribution in [0.2, 0.25) is 0 Å². The molecule has 0 unspecified atom stereocenters. The maximum atomic E-state index is 10.9. The smallest absolute Gasteiger partial charge is 0.333 e. The van der Waals surface area contributed by atoms with Crippen LogP contribution in [0.3, 0.4) is 0 Å². The van der Waals surface area contributed by atoms with Crippen LogP contribution >= 0.6 is 0 Å². The molecule has 0 N–H and O–H groups in total. The molecule has 0 bridgehead atoms.